The zero-order valence-electron chi connectivity index (χ0n) is 10.2. The zero-order valence-corrected chi connectivity index (χ0v) is 11.0. The Morgan fingerprint density at radius 3 is 2.61 bits per heavy atom. The van der Waals surface area contributed by atoms with Gasteiger partial charge in [-0.3, -0.25) is 4.79 Å². The number of hydrogen-bond acceptors (Lipinski definition) is 5. The Morgan fingerprint density at radius 1 is 1.44 bits per heavy atom. The molecule has 0 radical (unpaired) electrons. The number of rotatable bonds is 1. The van der Waals surface area contributed by atoms with Crippen LogP contribution in [0, 0.1) is 13.8 Å². The lowest BCUT2D eigenvalue weighted by atomic mass is 10.1. The minimum absolute atomic E-state index is 0.0901. The summed E-state index contributed by atoms with van der Waals surface area (Å²) in [4.78, 5) is 14.0. The Hall–Kier alpha value is -1.37. The number of aromatic nitrogens is 1. The van der Waals surface area contributed by atoms with Crippen LogP contribution in [-0.4, -0.2) is 48.0 Å². The van der Waals surface area contributed by atoms with Crippen molar-refractivity contribution in [1.82, 2.24) is 10.1 Å². The van der Waals surface area contributed by atoms with E-state index < -0.39 is 9.84 Å². The molecule has 0 saturated carbocycles. The molecule has 0 N–H and O–H groups in total. The number of hydrogen-bond donors (Lipinski definition) is 0. The number of amides is 1. The Bertz CT molecular complexity index is 599. The van der Waals surface area contributed by atoms with Crippen LogP contribution in [0.1, 0.15) is 28.2 Å². The van der Waals surface area contributed by atoms with Crippen molar-refractivity contribution in [3.63, 3.8) is 0 Å². The highest BCUT2D eigenvalue weighted by Gasteiger charge is 2.50. The van der Waals surface area contributed by atoms with E-state index in [4.69, 9.17) is 4.52 Å². The predicted octanol–water partition coefficient (Wildman–Crippen LogP) is 0.303. The molecule has 18 heavy (non-hydrogen) atoms. The van der Waals surface area contributed by atoms with E-state index in [2.05, 4.69) is 5.16 Å². The topological polar surface area (TPSA) is 80.5 Å². The quantitative estimate of drug-likeness (QED) is 0.733. The fourth-order valence-corrected chi connectivity index (χ4v) is 4.90. The van der Waals surface area contributed by atoms with Gasteiger partial charge in [0.05, 0.1) is 16.7 Å². The molecule has 0 aliphatic carbocycles. The smallest absolute Gasteiger partial charge is 0.259 e. The summed E-state index contributed by atoms with van der Waals surface area (Å²) in [5.74, 6) is 0.420. The van der Waals surface area contributed by atoms with Crippen molar-refractivity contribution < 1.29 is 17.7 Å². The molecule has 3 heterocycles. The van der Waals surface area contributed by atoms with Crippen LogP contribution in [0.3, 0.4) is 0 Å². The standard InChI is InChI=1S/C11H14N2O4S/c1-6-10(7(2)17-12-6)11(14)13-4-9-3-8(13)5-18(9,15)16/h8-9H,3-5H2,1-2H3. The third-order valence-electron chi connectivity index (χ3n) is 3.82. The monoisotopic (exact) mass is 270 g/mol. The van der Waals surface area contributed by atoms with Crippen LogP contribution < -0.4 is 0 Å². The first kappa shape index (κ1) is 11.7. The van der Waals surface area contributed by atoms with Crippen molar-refractivity contribution in [2.24, 2.45) is 0 Å². The van der Waals surface area contributed by atoms with Gasteiger partial charge in [0.2, 0.25) is 0 Å². The minimum atomic E-state index is -2.98. The molecular weight excluding hydrogens is 256 g/mol. The Balaban J connectivity index is 1.89. The molecule has 0 spiro atoms. The highest BCUT2D eigenvalue weighted by molar-refractivity contribution is 7.92. The van der Waals surface area contributed by atoms with E-state index in [0.717, 1.165) is 0 Å². The van der Waals surface area contributed by atoms with Crippen molar-refractivity contribution in [2.45, 2.75) is 31.6 Å². The summed E-state index contributed by atoms with van der Waals surface area (Å²) < 4.78 is 28.3. The average molecular weight is 270 g/mol. The van der Waals surface area contributed by atoms with Crippen LogP contribution in [0.2, 0.25) is 0 Å². The van der Waals surface area contributed by atoms with Gasteiger partial charge in [-0.15, -0.1) is 0 Å². The van der Waals surface area contributed by atoms with Crippen LogP contribution in [0.15, 0.2) is 4.52 Å². The number of nitrogens with zero attached hydrogens (tertiary/aromatic N) is 2. The van der Waals surface area contributed by atoms with Crippen molar-refractivity contribution in [2.75, 3.05) is 12.3 Å². The molecule has 0 aromatic carbocycles. The number of aryl methyl sites for hydroxylation is 2. The van der Waals surface area contributed by atoms with E-state index in [0.29, 0.717) is 30.0 Å². The molecule has 3 rings (SSSR count). The average Bonchev–Trinajstić information content (AvgIpc) is 2.90. The van der Waals surface area contributed by atoms with Crippen LogP contribution in [0.5, 0.6) is 0 Å². The molecule has 1 aromatic heterocycles. The molecular formula is C11H14N2O4S. The maximum Gasteiger partial charge on any atom is 0.259 e. The SMILES string of the molecule is Cc1noc(C)c1C(=O)N1CC2CC1CS2(=O)=O. The van der Waals surface area contributed by atoms with Crippen molar-refractivity contribution in [3.05, 3.63) is 17.0 Å². The maximum absolute atomic E-state index is 12.4. The van der Waals surface area contributed by atoms with Gasteiger partial charge in [-0.1, -0.05) is 5.16 Å². The molecule has 2 aliphatic rings. The van der Waals surface area contributed by atoms with E-state index in [9.17, 15) is 13.2 Å². The highest BCUT2D eigenvalue weighted by Crippen LogP contribution is 2.34. The first-order chi connectivity index (χ1) is 8.40. The normalized spacial score (nSPS) is 28.9. The molecule has 7 heteroatoms. The summed E-state index contributed by atoms with van der Waals surface area (Å²) in [5, 5.41) is 3.38. The van der Waals surface area contributed by atoms with Gasteiger partial charge in [-0.2, -0.15) is 0 Å². The van der Waals surface area contributed by atoms with Crippen LogP contribution in [0.4, 0.5) is 0 Å². The summed E-state index contributed by atoms with van der Waals surface area (Å²) >= 11 is 0. The second-order valence-corrected chi connectivity index (χ2v) is 7.32. The van der Waals surface area contributed by atoms with Crippen molar-refractivity contribution in [3.8, 4) is 0 Å². The third-order valence-corrected chi connectivity index (χ3v) is 6.02. The molecule has 2 saturated heterocycles. The molecule has 6 nitrogen and oxygen atoms in total. The summed E-state index contributed by atoms with van der Waals surface area (Å²) in [6.45, 7) is 3.71. The van der Waals surface area contributed by atoms with E-state index >= 15 is 0 Å². The van der Waals surface area contributed by atoms with Gasteiger partial charge in [0.1, 0.15) is 11.3 Å². The molecule has 98 valence electrons. The zero-order chi connectivity index (χ0) is 13.1. The largest absolute Gasteiger partial charge is 0.361 e. The fourth-order valence-electron chi connectivity index (χ4n) is 2.88. The predicted molar refractivity (Wildman–Crippen MR) is 63.0 cm³/mol. The van der Waals surface area contributed by atoms with Crippen molar-refractivity contribution in [1.29, 1.82) is 0 Å². The molecule has 2 bridgehead atoms. The lowest BCUT2D eigenvalue weighted by Gasteiger charge is -2.26. The van der Waals surface area contributed by atoms with Gasteiger partial charge in [0.25, 0.3) is 5.91 Å². The minimum Gasteiger partial charge on any atom is -0.361 e. The maximum atomic E-state index is 12.4. The number of fused-ring (bicyclic) bond motifs is 2. The molecule has 2 aliphatic heterocycles. The van der Waals surface area contributed by atoms with Gasteiger partial charge in [-0.25, -0.2) is 8.42 Å². The van der Waals surface area contributed by atoms with Crippen LogP contribution >= 0.6 is 0 Å². The lowest BCUT2D eigenvalue weighted by Crippen LogP contribution is -2.44. The van der Waals surface area contributed by atoms with Gasteiger partial charge in [-0.05, 0) is 20.3 Å². The Morgan fingerprint density at radius 2 is 2.17 bits per heavy atom. The summed E-state index contributed by atoms with van der Waals surface area (Å²) in [7, 11) is -2.98. The number of likely N-dealkylation sites (tertiary alicyclic amines) is 1. The fraction of sp³-hybridized carbons (Fsp3) is 0.636. The second-order valence-electron chi connectivity index (χ2n) is 5.00. The molecule has 1 aromatic rings. The number of carbonyl (C=O) groups excluding carboxylic acids is 1. The molecule has 1 amide bonds. The van der Waals surface area contributed by atoms with E-state index in [1.54, 1.807) is 18.7 Å². The van der Waals surface area contributed by atoms with Crippen molar-refractivity contribution >= 4 is 15.7 Å². The third kappa shape index (κ3) is 1.50. The first-order valence-electron chi connectivity index (χ1n) is 5.85. The Labute approximate surface area is 105 Å². The van der Waals surface area contributed by atoms with Crippen LogP contribution in [-0.2, 0) is 9.84 Å². The molecule has 2 unspecified atom stereocenters. The summed E-state index contributed by atoms with van der Waals surface area (Å²) in [6.07, 6.45) is 0.567. The number of sulfone groups is 1. The molecule has 2 atom stereocenters. The van der Waals surface area contributed by atoms with Gasteiger partial charge >= 0.3 is 0 Å². The highest BCUT2D eigenvalue weighted by atomic mass is 32.2. The van der Waals surface area contributed by atoms with Gasteiger partial charge in [0.15, 0.2) is 9.84 Å². The van der Waals surface area contributed by atoms with E-state index in [1.807, 2.05) is 0 Å². The first-order valence-corrected chi connectivity index (χ1v) is 7.57. The summed E-state index contributed by atoms with van der Waals surface area (Å²) in [5.41, 5.74) is 1.03. The van der Waals surface area contributed by atoms with Crippen LogP contribution in [0.25, 0.3) is 0 Å². The van der Waals surface area contributed by atoms with Gasteiger partial charge < -0.3 is 9.42 Å². The summed E-state index contributed by atoms with van der Waals surface area (Å²) in [6, 6.07) is -0.179. The Kier molecular flexibility index (Phi) is 2.32. The van der Waals surface area contributed by atoms with E-state index in [1.165, 1.54) is 0 Å². The lowest BCUT2D eigenvalue weighted by molar-refractivity contribution is 0.0743. The number of carbonyl (C=O) groups is 1. The second kappa shape index (κ2) is 3.57. The van der Waals surface area contributed by atoms with Gasteiger partial charge in [0, 0.05) is 12.6 Å². The molecule has 2 fully saturated rings. The van der Waals surface area contributed by atoms with E-state index in [-0.39, 0.29) is 23.0 Å².